The maximum absolute atomic E-state index is 5.99. The van der Waals surface area contributed by atoms with E-state index < -0.39 is 0 Å². The molecule has 2 N–H and O–H groups in total. The fourth-order valence-electron chi connectivity index (χ4n) is 2.80. The van der Waals surface area contributed by atoms with Gasteiger partial charge in [0.05, 0.1) is 20.3 Å². The monoisotopic (exact) mass is 250 g/mol. The van der Waals surface area contributed by atoms with Crippen molar-refractivity contribution in [3.05, 3.63) is 29.8 Å². The summed E-state index contributed by atoms with van der Waals surface area (Å²) in [6, 6.07) is 8.35. The molecule has 1 heterocycles. The lowest BCUT2D eigenvalue weighted by molar-refractivity contribution is -0.145. The van der Waals surface area contributed by atoms with Crippen molar-refractivity contribution in [3.8, 4) is 5.75 Å². The summed E-state index contributed by atoms with van der Waals surface area (Å²) in [4.78, 5) is 2.20. The normalized spacial score (nSPS) is 19.4. The number of para-hydroxylation sites is 1. The molecule has 1 unspecified atom stereocenters. The van der Waals surface area contributed by atoms with Crippen LogP contribution in [0.4, 0.5) is 0 Å². The van der Waals surface area contributed by atoms with Crippen LogP contribution in [0.3, 0.4) is 0 Å². The lowest BCUT2D eigenvalue weighted by Crippen LogP contribution is -2.55. The largest absolute Gasteiger partial charge is 0.496 e. The van der Waals surface area contributed by atoms with E-state index in [0.717, 1.165) is 5.75 Å². The number of methoxy groups -OCH3 is 1. The lowest BCUT2D eigenvalue weighted by atomic mass is 9.74. The molecule has 1 saturated heterocycles. The Balaban J connectivity index is 2.41. The van der Waals surface area contributed by atoms with Crippen LogP contribution in [0.1, 0.15) is 11.6 Å². The number of ether oxygens (including phenoxy) is 2. The molecular formula is C14H22N2O2. The SMILES string of the molecule is COc1ccccc1C(N(C)C)C1(CN)COC1. The van der Waals surface area contributed by atoms with Crippen LogP contribution in [0, 0.1) is 5.41 Å². The second-order valence-corrected chi connectivity index (χ2v) is 5.17. The van der Waals surface area contributed by atoms with Crippen LogP contribution in [0.25, 0.3) is 0 Å². The van der Waals surface area contributed by atoms with E-state index in [-0.39, 0.29) is 11.5 Å². The van der Waals surface area contributed by atoms with Gasteiger partial charge >= 0.3 is 0 Å². The summed E-state index contributed by atoms with van der Waals surface area (Å²) in [5, 5.41) is 0. The van der Waals surface area contributed by atoms with Gasteiger partial charge in [0.2, 0.25) is 0 Å². The molecule has 0 radical (unpaired) electrons. The third kappa shape index (κ3) is 2.11. The predicted molar refractivity (Wildman–Crippen MR) is 71.7 cm³/mol. The Morgan fingerprint density at radius 1 is 1.39 bits per heavy atom. The first-order chi connectivity index (χ1) is 8.64. The zero-order valence-corrected chi connectivity index (χ0v) is 11.3. The second kappa shape index (κ2) is 5.26. The summed E-state index contributed by atoms with van der Waals surface area (Å²) in [5.41, 5.74) is 7.17. The van der Waals surface area contributed by atoms with Crippen molar-refractivity contribution in [1.29, 1.82) is 0 Å². The summed E-state index contributed by atoms with van der Waals surface area (Å²) in [6.45, 7) is 2.04. The predicted octanol–water partition coefficient (Wildman–Crippen LogP) is 1.27. The Morgan fingerprint density at radius 3 is 2.50 bits per heavy atom. The molecule has 0 spiro atoms. The Bertz CT molecular complexity index is 397. The molecule has 1 aromatic rings. The van der Waals surface area contributed by atoms with E-state index in [9.17, 15) is 0 Å². The molecule has 4 heteroatoms. The number of nitrogens with two attached hydrogens (primary N) is 1. The molecule has 4 nitrogen and oxygen atoms in total. The van der Waals surface area contributed by atoms with Crippen LogP contribution >= 0.6 is 0 Å². The van der Waals surface area contributed by atoms with Crippen molar-refractivity contribution in [2.75, 3.05) is 41.0 Å². The van der Waals surface area contributed by atoms with Crippen molar-refractivity contribution < 1.29 is 9.47 Å². The highest BCUT2D eigenvalue weighted by atomic mass is 16.5. The van der Waals surface area contributed by atoms with E-state index in [1.165, 1.54) is 5.56 Å². The standard InChI is InChI=1S/C14H22N2O2/c1-16(2)13(14(8-15)9-18-10-14)11-6-4-5-7-12(11)17-3/h4-7,13H,8-10,15H2,1-3H3. The van der Waals surface area contributed by atoms with Crippen LogP contribution in [-0.2, 0) is 4.74 Å². The Labute approximate surface area is 109 Å². The molecule has 0 bridgehead atoms. The molecule has 100 valence electrons. The van der Waals surface area contributed by atoms with Crippen LogP contribution in [-0.4, -0.2) is 45.9 Å². The van der Waals surface area contributed by atoms with E-state index in [1.54, 1.807) is 7.11 Å². The minimum Gasteiger partial charge on any atom is -0.496 e. The van der Waals surface area contributed by atoms with E-state index >= 15 is 0 Å². The third-order valence-electron chi connectivity index (χ3n) is 3.72. The Kier molecular flexibility index (Phi) is 3.90. The Hall–Kier alpha value is -1.10. The van der Waals surface area contributed by atoms with Gasteiger partial charge in [-0.2, -0.15) is 0 Å². The lowest BCUT2D eigenvalue weighted by Gasteiger charge is -2.49. The number of benzene rings is 1. The van der Waals surface area contributed by atoms with Crippen LogP contribution in [0.5, 0.6) is 5.75 Å². The van der Waals surface area contributed by atoms with Gasteiger partial charge in [-0.25, -0.2) is 0 Å². The average molecular weight is 250 g/mol. The van der Waals surface area contributed by atoms with Gasteiger partial charge in [0.1, 0.15) is 5.75 Å². The van der Waals surface area contributed by atoms with Crippen molar-refractivity contribution in [1.82, 2.24) is 4.90 Å². The first kappa shape index (κ1) is 13.3. The smallest absolute Gasteiger partial charge is 0.123 e. The van der Waals surface area contributed by atoms with Crippen molar-refractivity contribution in [2.45, 2.75) is 6.04 Å². The van der Waals surface area contributed by atoms with Gasteiger partial charge in [-0.3, -0.25) is 0 Å². The van der Waals surface area contributed by atoms with E-state index in [1.807, 2.05) is 18.2 Å². The quantitative estimate of drug-likeness (QED) is 0.855. The first-order valence-corrected chi connectivity index (χ1v) is 6.22. The summed E-state index contributed by atoms with van der Waals surface area (Å²) >= 11 is 0. The topological polar surface area (TPSA) is 47.7 Å². The number of hydrogen-bond donors (Lipinski definition) is 1. The average Bonchev–Trinajstić information content (AvgIpc) is 2.33. The molecule has 1 fully saturated rings. The highest BCUT2D eigenvalue weighted by molar-refractivity contribution is 5.37. The van der Waals surface area contributed by atoms with Gasteiger partial charge in [0, 0.05) is 23.6 Å². The molecule has 1 aliphatic heterocycles. The molecule has 1 atom stereocenters. The fourth-order valence-corrected chi connectivity index (χ4v) is 2.80. The molecule has 0 aliphatic carbocycles. The van der Waals surface area contributed by atoms with E-state index in [4.69, 9.17) is 15.2 Å². The molecule has 1 aromatic carbocycles. The third-order valence-corrected chi connectivity index (χ3v) is 3.72. The number of hydrogen-bond acceptors (Lipinski definition) is 4. The number of rotatable bonds is 5. The van der Waals surface area contributed by atoms with Crippen molar-refractivity contribution in [2.24, 2.45) is 11.1 Å². The van der Waals surface area contributed by atoms with E-state index in [0.29, 0.717) is 19.8 Å². The number of nitrogens with zero attached hydrogens (tertiary/aromatic N) is 1. The molecule has 18 heavy (non-hydrogen) atoms. The summed E-state index contributed by atoms with van der Waals surface area (Å²) in [7, 11) is 5.86. The fraction of sp³-hybridized carbons (Fsp3) is 0.571. The van der Waals surface area contributed by atoms with Gasteiger partial charge < -0.3 is 20.1 Å². The molecule has 0 saturated carbocycles. The van der Waals surface area contributed by atoms with Gasteiger partial charge in [0.15, 0.2) is 0 Å². The van der Waals surface area contributed by atoms with Gasteiger partial charge in [-0.05, 0) is 20.2 Å². The van der Waals surface area contributed by atoms with Crippen LogP contribution < -0.4 is 10.5 Å². The zero-order valence-electron chi connectivity index (χ0n) is 11.3. The van der Waals surface area contributed by atoms with Crippen molar-refractivity contribution in [3.63, 3.8) is 0 Å². The first-order valence-electron chi connectivity index (χ1n) is 6.22. The minimum absolute atomic E-state index is 0.00185. The molecule has 0 amide bonds. The Morgan fingerprint density at radius 2 is 2.06 bits per heavy atom. The zero-order chi connectivity index (χ0) is 13.2. The van der Waals surface area contributed by atoms with Crippen LogP contribution in [0.2, 0.25) is 0 Å². The van der Waals surface area contributed by atoms with E-state index in [2.05, 4.69) is 25.1 Å². The van der Waals surface area contributed by atoms with Gasteiger partial charge in [-0.15, -0.1) is 0 Å². The molecule has 1 aliphatic rings. The van der Waals surface area contributed by atoms with Gasteiger partial charge in [-0.1, -0.05) is 18.2 Å². The minimum atomic E-state index is -0.00185. The summed E-state index contributed by atoms with van der Waals surface area (Å²) in [6.07, 6.45) is 0. The highest BCUT2D eigenvalue weighted by Crippen LogP contribution is 2.45. The maximum Gasteiger partial charge on any atom is 0.123 e. The maximum atomic E-state index is 5.99. The van der Waals surface area contributed by atoms with Crippen molar-refractivity contribution >= 4 is 0 Å². The molecule has 0 aromatic heterocycles. The van der Waals surface area contributed by atoms with Gasteiger partial charge in [0.25, 0.3) is 0 Å². The highest BCUT2D eigenvalue weighted by Gasteiger charge is 2.47. The molecule has 2 rings (SSSR count). The molecular weight excluding hydrogens is 228 g/mol. The van der Waals surface area contributed by atoms with Crippen LogP contribution in [0.15, 0.2) is 24.3 Å². The summed E-state index contributed by atoms with van der Waals surface area (Å²) < 4.78 is 10.9. The summed E-state index contributed by atoms with van der Waals surface area (Å²) in [5.74, 6) is 0.913. The second-order valence-electron chi connectivity index (χ2n) is 5.17.